The van der Waals surface area contributed by atoms with E-state index in [9.17, 15) is 22.8 Å². The number of esters is 1. The number of halogens is 3. The second-order valence-electron chi connectivity index (χ2n) is 7.07. The summed E-state index contributed by atoms with van der Waals surface area (Å²) in [4.78, 5) is 24.7. The molecule has 0 radical (unpaired) electrons. The molecule has 1 atom stereocenters. The fraction of sp³-hybridized carbons (Fsp3) is 0.429. The number of benzene rings is 1. The Kier molecular flexibility index (Phi) is 6.12. The Labute approximate surface area is 166 Å². The third kappa shape index (κ3) is 4.70. The minimum atomic E-state index is -4.69. The molecule has 0 amide bonds. The smallest absolute Gasteiger partial charge is 0.417 e. The topological polar surface area (TPSA) is 57.5 Å². The number of Topliss-reactive ketones (excluding diaryl/α,β-unsaturated/α-hetero) is 1. The van der Waals surface area contributed by atoms with Crippen LogP contribution in [-0.2, 0) is 22.2 Å². The van der Waals surface area contributed by atoms with E-state index in [2.05, 4.69) is 0 Å². The van der Waals surface area contributed by atoms with Gasteiger partial charge in [0.05, 0.1) is 17.2 Å². The van der Waals surface area contributed by atoms with E-state index in [0.29, 0.717) is 12.1 Å². The first-order valence-electron chi connectivity index (χ1n) is 9.33. The number of aromatic nitrogens is 1. The summed E-state index contributed by atoms with van der Waals surface area (Å²) in [5.41, 5.74) is 0.270. The lowest BCUT2D eigenvalue weighted by Crippen LogP contribution is -2.19. The van der Waals surface area contributed by atoms with Crippen LogP contribution >= 0.6 is 0 Å². The number of alkyl halides is 3. The lowest BCUT2D eigenvalue weighted by atomic mass is 10.1. The third-order valence-electron chi connectivity index (χ3n) is 5.07. The van der Waals surface area contributed by atoms with Gasteiger partial charge < -0.3 is 14.0 Å². The number of hydrogen-bond acceptors (Lipinski definition) is 4. The molecule has 1 aromatic carbocycles. The highest BCUT2D eigenvalue weighted by Crippen LogP contribution is 2.32. The molecule has 156 valence electrons. The van der Waals surface area contributed by atoms with Crippen molar-refractivity contribution in [2.45, 2.75) is 45.5 Å². The Hall–Kier alpha value is -2.61. The van der Waals surface area contributed by atoms with Crippen LogP contribution in [0.4, 0.5) is 13.2 Å². The second-order valence-corrected chi connectivity index (χ2v) is 7.07. The maximum atomic E-state index is 13.1. The molecule has 0 spiro atoms. The molecule has 0 bridgehead atoms. The summed E-state index contributed by atoms with van der Waals surface area (Å²) >= 11 is 0. The van der Waals surface area contributed by atoms with E-state index in [1.54, 1.807) is 13.0 Å². The molecule has 5 nitrogen and oxygen atoms in total. The molecular weight excluding hydrogens is 387 g/mol. The van der Waals surface area contributed by atoms with Gasteiger partial charge in [0.25, 0.3) is 0 Å². The van der Waals surface area contributed by atoms with Gasteiger partial charge >= 0.3 is 12.1 Å². The van der Waals surface area contributed by atoms with E-state index >= 15 is 0 Å². The van der Waals surface area contributed by atoms with Gasteiger partial charge in [-0.2, -0.15) is 13.2 Å². The first-order valence-corrected chi connectivity index (χ1v) is 9.33. The molecule has 8 heteroatoms. The number of ketones is 1. The first kappa shape index (κ1) is 21.1. The van der Waals surface area contributed by atoms with Crippen molar-refractivity contribution >= 4 is 11.8 Å². The molecule has 1 aliphatic heterocycles. The van der Waals surface area contributed by atoms with Crippen molar-refractivity contribution in [3.8, 4) is 0 Å². The molecule has 1 aliphatic rings. The van der Waals surface area contributed by atoms with Crippen molar-refractivity contribution in [3.63, 3.8) is 0 Å². The molecule has 0 N–H and O–H groups in total. The van der Waals surface area contributed by atoms with E-state index in [1.165, 1.54) is 12.1 Å². The van der Waals surface area contributed by atoms with Crippen molar-refractivity contribution in [1.29, 1.82) is 0 Å². The normalized spacial score (nSPS) is 16.8. The zero-order valence-electron chi connectivity index (χ0n) is 16.2. The highest BCUT2D eigenvalue weighted by molar-refractivity contribution is 6.00. The largest absolute Gasteiger partial charge is 0.454 e. The zero-order valence-corrected chi connectivity index (χ0v) is 16.2. The fourth-order valence-corrected chi connectivity index (χ4v) is 3.55. The van der Waals surface area contributed by atoms with E-state index in [0.717, 1.165) is 43.0 Å². The summed E-state index contributed by atoms with van der Waals surface area (Å²) in [6, 6.07) is 6.03. The standard InChI is InChI=1S/C21H22F3NO4/c1-13-10-17(14(2)25(13)11-15-6-5-9-28-15)19(26)12-29-20(27)16-7-3-4-8-18(16)21(22,23)24/h3-4,7-8,10,15H,5-6,9,11-12H2,1-2H3/t15-/m0/s1. The Morgan fingerprint density at radius 2 is 1.93 bits per heavy atom. The Balaban J connectivity index is 1.69. The van der Waals surface area contributed by atoms with Crippen molar-refractivity contribution in [2.75, 3.05) is 13.2 Å². The predicted molar refractivity (Wildman–Crippen MR) is 98.9 cm³/mol. The van der Waals surface area contributed by atoms with Crippen LogP contribution in [0.5, 0.6) is 0 Å². The highest BCUT2D eigenvalue weighted by atomic mass is 19.4. The third-order valence-corrected chi connectivity index (χ3v) is 5.07. The summed E-state index contributed by atoms with van der Waals surface area (Å²) in [7, 11) is 0. The van der Waals surface area contributed by atoms with Gasteiger partial charge in [0.1, 0.15) is 0 Å². The minimum Gasteiger partial charge on any atom is -0.454 e. The SMILES string of the molecule is Cc1cc(C(=O)COC(=O)c2ccccc2C(F)(F)F)c(C)n1C[C@@H]1CCCO1. The monoisotopic (exact) mass is 409 g/mol. The number of ether oxygens (including phenoxy) is 2. The molecule has 1 saturated heterocycles. The van der Waals surface area contributed by atoms with Crippen LogP contribution in [-0.4, -0.2) is 35.6 Å². The fourth-order valence-electron chi connectivity index (χ4n) is 3.55. The van der Waals surface area contributed by atoms with Gasteiger partial charge in [0.15, 0.2) is 6.61 Å². The molecule has 2 aromatic rings. The number of carbonyl (C=O) groups is 2. The zero-order chi connectivity index (χ0) is 21.2. The summed E-state index contributed by atoms with van der Waals surface area (Å²) in [5.74, 6) is -1.64. The quantitative estimate of drug-likeness (QED) is 0.526. The lowest BCUT2D eigenvalue weighted by molar-refractivity contribution is -0.138. The summed E-state index contributed by atoms with van der Waals surface area (Å²) in [6.07, 6.45) is -2.63. The summed E-state index contributed by atoms with van der Waals surface area (Å²) in [5, 5.41) is 0. The number of rotatable bonds is 6. The van der Waals surface area contributed by atoms with Crippen molar-refractivity contribution in [3.05, 3.63) is 58.4 Å². The number of nitrogens with zero attached hydrogens (tertiary/aromatic N) is 1. The predicted octanol–water partition coefficient (Wildman–Crippen LogP) is 4.34. The molecule has 0 unspecified atom stereocenters. The molecule has 0 saturated carbocycles. The van der Waals surface area contributed by atoms with Crippen LogP contribution in [0.25, 0.3) is 0 Å². The number of hydrogen-bond donors (Lipinski definition) is 0. The van der Waals surface area contributed by atoms with Crippen LogP contribution in [0.3, 0.4) is 0 Å². The molecule has 2 heterocycles. The van der Waals surface area contributed by atoms with Gasteiger partial charge in [-0.3, -0.25) is 4.79 Å². The van der Waals surface area contributed by atoms with Gasteiger partial charge in [-0.1, -0.05) is 12.1 Å². The van der Waals surface area contributed by atoms with E-state index in [1.807, 2.05) is 11.5 Å². The van der Waals surface area contributed by atoms with E-state index < -0.39 is 35.7 Å². The number of aryl methyl sites for hydroxylation is 1. The van der Waals surface area contributed by atoms with Crippen LogP contribution in [0, 0.1) is 13.8 Å². The van der Waals surface area contributed by atoms with Gasteiger partial charge in [0, 0.05) is 30.1 Å². The molecular formula is C21H22F3NO4. The van der Waals surface area contributed by atoms with Crippen molar-refractivity contribution in [1.82, 2.24) is 4.57 Å². The van der Waals surface area contributed by atoms with Gasteiger partial charge in [0.2, 0.25) is 5.78 Å². The van der Waals surface area contributed by atoms with Gasteiger partial charge in [-0.05, 0) is 44.9 Å². The second kappa shape index (κ2) is 8.41. The van der Waals surface area contributed by atoms with Crippen LogP contribution < -0.4 is 0 Å². The summed E-state index contributed by atoms with van der Waals surface area (Å²) in [6.45, 7) is 4.38. The molecule has 3 rings (SSSR count). The first-order chi connectivity index (χ1) is 13.7. The molecule has 1 fully saturated rings. The summed E-state index contributed by atoms with van der Waals surface area (Å²) < 4.78 is 51.7. The Morgan fingerprint density at radius 1 is 1.21 bits per heavy atom. The highest BCUT2D eigenvalue weighted by Gasteiger charge is 2.35. The maximum absolute atomic E-state index is 13.1. The lowest BCUT2D eigenvalue weighted by Gasteiger charge is -2.15. The maximum Gasteiger partial charge on any atom is 0.417 e. The molecule has 29 heavy (non-hydrogen) atoms. The van der Waals surface area contributed by atoms with Gasteiger partial charge in [-0.25, -0.2) is 4.79 Å². The Morgan fingerprint density at radius 3 is 2.59 bits per heavy atom. The van der Waals surface area contributed by atoms with E-state index in [-0.39, 0.29) is 6.10 Å². The van der Waals surface area contributed by atoms with E-state index in [4.69, 9.17) is 9.47 Å². The number of carbonyl (C=O) groups excluding carboxylic acids is 2. The Bertz CT molecular complexity index is 911. The van der Waals surface area contributed by atoms with Crippen LogP contribution in [0.15, 0.2) is 30.3 Å². The molecule has 1 aromatic heterocycles. The van der Waals surface area contributed by atoms with Crippen LogP contribution in [0.2, 0.25) is 0 Å². The van der Waals surface area contributed by atoms with Crippen molar-refractivity contribution in [2.24, 2.45) is 0 Å². The minimum absolute atomic E-state index is 0.0967. The van der Waals surface area contributed by atoms with Gasteiger partial charge in [-0.15, -0.1) is 0 Å². The average molecular weight is 409 g/mol. The van der Waals surface area contributed by atoms with Crippen molar-refractivity contribution < 1.29 is 32.2 Å². The molecule has 0 aliphatic carbocycles. The average Bonchev–Trinajstić information content (AvgIpc) is 3.29. The van der Waals surface area contributed by atoms with Crippen LogP contribution in [0.1, 0.15) is 50.5 Å².